The van der Waals surface area contributed by atoms with Crippen molar-refractivity contribution in [3.05, 3.63) is 27.7 Å². The highest BCUT2D eigenvalue weighted by Gasteiger charge is 2.27. The van der Waals surface area contributed by atoms with Crippen molar-refractivity contribution in [2.45, 2.75) is 6.18 Å². The molecule has 0 unspecified atom stereocenters. The van der Waals surface area contributed by atoms with Crippen molar-refractivity contribution in [2.75, 3.05) is 13.4 Å². The lowest BCUT2D eigenvalue weighted by Crippen LogP contribution is -2.19. The predicted octanol–water partition coefficient (Wildman–Crippen LogP) is 4.02. The average molecular weight is 320 g/mol. The molecule has 1 aromatic rings. The van der Waals surface area contributed by atoms with Gasteiger partial charge in [-0.25, -0.2) is 0 Å². The van der Waals surface area contributed by atoms with Crippen molar-refractivity contribution in [3.63, 3.8) is 0 Å². The number of benzene rings is 1. The van der Waals surface area contributed by atoms with Crippen LogP contribution in [0.25, 0.3) is 0 Å². The largest absolute Gasteiger partial charge is 0.466 e. The summed E-state index contributed by atoms with van der Waals surface area (Å²) in [5.41, 5.74) is 0. The van der Waals surface area contributed by atoms with Gasteiger partial charge in [0.2, 0.25) is 0 Å². The number of ether oxygens (including phenoxy) is 2. The van der Waals surface area contributed by atoms with Crippen molar-refractivity contribution in [1.29, 1.82) is 0 Å². The second kappa shape index (κ2) is 5.75. The standard InChI is InChI=1S/C9H7BrClF3O2/c10-6-1-2-7(11)8(3-6)16-5-15-4-9(12,13)14/h1-3H,4-5H2. The van der Waals surface area contributed by atoms with E-state index in [0.717, 1.165) is 0 Å². The summed E-state index contributed by atoms with van der Waals surface area (Å²) in [6.45, 7) is -1.85. The molecule has 0 aromatic heterocycles. The van der Waals surface area contributed by atoms with E-state index in [4.69, 9.17) is 16.3 Å². The summed E-state index contributed by atoms with van der Waals surface area (Å²) < 4.78 is 45.0. The Hall–Kier alpha value is -0.460. The molecule has 0 saturated carbocycles. The van der Waals surface area contributed by atoms with Gasteiger partial charge in [-0.05, 0) is 18.2 Å². The van der Waals surface area contributed by atoms with Gasteiger partial charge < -0.3 is 9.47 Å². The summed E-state index contributed by atoms with van der Waals surface area (Å²) in [6.07, 6.45) is -4.36. The van der Waals surface area contributed by atoms with Gasteiger partial charge in [0.15, 0.2) is 6.79 Å². The van der Waals surface area contributed by atoms with Crippen molar-refractivity contribution in [2.24, 2.45) is 0 Å². The van der Waals surface area contributed by atoms with Crippen LogP contribution >= 0.6 is 27.5 Å². The number of rotatable bonds is 4. The fraction of sp³-hybridized carbons (Fsp3) is 0.333. The van der Waals surface area contributed by atoms with Crippen LogP contribution in [0.15, 0.2) is 22.7 Å². The average Bonchev–Trinajstić information content (AvgIpc) is 2.16. The van der Waals surface area contributed by atoms with E-state index >= 15 is 0 Å². The van der Waals surface area contributed by atoms with Gasteiger partial charge in [0.05, 0.1) is 5.02 Å². The normalized spacial score (nSPS) is 11.6. The number of hydrogen-bond donors (Lipinski definition) is 0. The van der Waals surface area contributed by atoms with E-state index in [2.05, 4.69) is 20.7 Å². The summed E-state index contributed by atoms with van der Waals surface area (Å²) >= 11 is 8.92. The van der Waals surface area contributed by atoms with Gasteiger partial charge in [-0.2, -0.15) is 13.2 Å². The van der Waals surface area contributed by atoms with Gasteiger partial charge in [0.1, 0.15) is 12.4 Å². The topological polar surface area (TPSA) is 18.5 Å². The molecule has 0 spiro atoms. The molecule has 0 aliphatic heterocycles. The summed E-state index contributed by atoms with van der Waals surface area (Å²) in [5, 5.41) is 0.304. The number of alkyl halides is 3. The van der Waals surface area contributed by atoms with Crippen LogP contribution in [-0.4, -0.2) is 19.6 Å². The second-order valence-electron chi connectivity index (χ2n) is 2.80. The zero-order valence-corrected chi connectivity index (χ0v) is 10.2. The van der Waals surface area contributed by atoms with Gasteiger partial charge in [-0.1, -0.05) is 27.5 Å². The van der Waals surface area contributed by atoms with Gasteiger partial charge in [-0.3, -0.25) is 0 Å². The third-order valence-electron chi connectivity index (χ3n) is 1.46. The fourth-order valence-electron chi connectivity index (χ4n) is 0.850. The minimum Gasteiger partial charge on any atom is -0.466 e. The van der Waals surface area contributed by atoms with E-state index in [1.165, 1.54) is 0 Å². The lowest BCUT2D eigenvalue weighted by Gasteiger charge is -2.10. The molecule has 0 atom stereocenters. The number of hydrogen-bond acceptors (Lipinski definition) is 2. The first-order valence-corrected chi connectivity index (χ1v) is 5.28. The molecule has 0 aliphatic rings. The molecular formula is C9H7BrClF3O2. The Morgan fingerprint density at radius 3 is 2.62 bits per heavy atom. The van der Waals surface area contributed by atoms with Crippen LogP contribution in [0, 0.1) is 0 Å². The van der Waals surface area contributed by atoms with Crippen LogP contribution in [0.3, 0.4) is 0 Å². The highest BCUT2D eigenvalue weighted by atomic mass is 79.9. The zero-order chi connectivity index (χ0) is 12.2. The maximum absolute atomic E-state index is 11.7. The Morgan fingerprint density at radius 2 is 2.00 bits per heavy atom. The summed E-state index contributed by atoms with van der Waals surface area (Å²) in [4.78, 5) is 0. The third-order valence-corrected chi connectivity index (χ3v) is 2.26. The Labute approximate surface area is 103 Å². The van der Waals surface area contributed by atoms with Crippen molar-refractivity contribution in [1.82, 2.24) is 0 Å². The van der Waals surface area contributed by atoms with Crippen LogP contribution in [0.1, 0.15) is 0 Å². The molecule has 0 bridgehead atoms. The van der Waals surface area contributed by atoms with Gasteiger partial charge in [0.25, 0.3) is 0 Å². The van der Waals surface area contributed by atoms with Crippen molar-refractivity contribution >= 4 is 27.5 Å². The van der Waals surface area contributed by atoms with E-state index < -0.39 is 19.6 Å². The van der Waals surface area contributed by atoms with Crippen molar-refractivity contribution < 1.29 is 22.6 Å². The van der Waals surface area contributed by atoms with Gasteiger partial charge >= 0.3 is 6.18 Å². The first kappa shape index (κ1) is 13.6. The van der Waals surface area contributed by atoms with Gasteiger partial charge in [0, 0.05) is 4.47 Å². The molecule has 16 heavy (non-hydrogen) atoms. The smallest absolute Gasteiger partial charge is 0.411 e. The first-order valence-electron chi connectivity index (χ1n) is 4.11. The molecule has 90 valence electrons. The minimum atomic E-state index is -4.36. The third kappa shape index (κ3) is 5.05. The van der Waals surface area contributed by atoms with Crippen LogP contribution < -0.4 is 4.74 Å². The van der Waals surface area contributed by atoms with E-state index in [9.17, 15) is 13.2 Å². The van der Waals surface area contributed by atoms with E-state index in [-0.39, 0.29) is 5.75 Å². The molecule has 0 heterocycles. The van der Waals surface area contributed by atoms with E-state index in [0.29, 0.717) is 9.50 Å². The predicted molar refractivity (Wildman–Crippen MR) is 56.7 cm³/mol. The quantitative estimate of drug-likeness (QED) is 0.616. The first-order chi connectivity index (χ1) is 7.38. The Bertz CT molecular complexity index is 357. The van der Waals surface area contributed by atoms with E-state index in [1.54, 1.807) is 18.2 Å². The number of halogens is 5. The molecule has 0 radical (unpaired) electrons. The zero-order valence-electron chi connectivity index (χ0n) is 7.85. The lowest BCUT2D eigenvalue weighted by atomic mass is 10.3. The second-order valence-corrected chi connectivity index (χ2v) is 4.12. The lowest BCUT2D eigenvalue weighted by molar-refractivity contribution is -0.186. The van der Waals surface area contributed by atoms with E-state index in [1.807, 2.05) is 0 Å². The molecule has 1 rings (SSSR count). The Kier molecular flexibility index (Phi) is 4.89. The molecule has 0 fully saturated rings. The maximum atomic E-state index is 11.7. The molecule has 1 aromatic carbocycles. The summed E-state index contributed by atoms with van der Waals surface area (Å²) in [6, 6.07) is 4.79. The summed E-state index contributed by atoms with van der Waals surface area (Å²) in [7, 11) is 0. The van der Waals surface area contributed by atoms with Crippen LogP contribution in [0.5, 0.6) is 5.75 Å². The maximum Gasteiger partial charge on any atom is 0.411 e. The molecule has 2 nitrogen and oxygen atoms in total. The highest BCUT2D eigenvalue weighted by Crippen LogP contribution is 2.27. The monoisotopic (exact) mass is 318 g/mol. The highest BCUT2D eigenvalue weighted by molar-refractivity contribution is 9.10. The molecule has 0 N–H and O–H groups in total. The molecule has 0 saturated heterocycles. The Morgan fingerprint density at radius 1 is 1.31 bits per heavy atom. The Balaban J connectivity index is 2.40. The molecular weight excluding hydrogens is 312 g/mol. The van der Waals surface area contributed by atoms with Crippen LogP contribution in [0.2, 0.25) is 5.02 Å². The summed E-state index contributed by atoms with van der Waals surface area (Å²) in [5.74, 6) is 0.262. The fourth-order valence-corrected chi connectivity index (χ4v) is 1.36. The van der Waals surface area contributed by atoms with Crippen LogP contribution in [-0.2, 0) is 4.74 Å². The molecule has 7 heteroatoms. The van der Waals surface area contributed by atoms with Crippen LogP contribution in [0.4, 0.5) is 13.2 Å². The molecule has 0 aliphatic carbocycles. The SMILES string of the molecule is FC(F)(F)COCOc1cc(Br)ccc1Cl. The van der Waals surface area contributed by atoms with Crippen molar-refractivity contribution in [3.8, 4) is 5.75 Å². The van der Waals surface area contributed by atoms with Gasteiger partial charge in [-0.15, -0.1) is 0 Å². The minimum absolute atomic E-state index is 0.262. The molecule has 0 amide bonds.